The van der Waals surface area contributed by atoms with Crippen molar-refractivity contribution in [3.05, 3.63) is 46.5 Å². The minimum Gasteiger partial charge on any atom is -0.507 e. The van der Waals surface area contributed by atoms with E-state index in [1.54, 1.807) is 13.0 Å². The summed E-state index contributed by atoms with van der Waals surface area (Å²) in [5.41, 5.74) is -5.10. The lowest BCUT2D eigenvalue weighted by Crippen LogP contribution is -2.28. The lowest BCUT2D eigenvalue weighted by Gasteiger charge is -2.15. The standard InChI is InChI=1S/C14H15F3O7S.C13H16O5/c1-8-6-9(22-2)7-11(24-25(20,21)14(15,16)17)13(8)10(18)4-5-12(19)23-3;1-8-6-9(17-2)7-11(15)13(8)10(14)4-5-12(16)18-3/h6-7H,4-5H2,1-3H3;6-7,15H,4-5H2,1-3H3. The number of ether oxygens (including phenoxy) is 4. The van der Waals surface area contributed by atoms with Crippen LogP contribution in [0.4, 0.5) is 13.2 Å². The second-order valence-electron chi connectivity index (χ2n) is 8.64. The minimum atomic E-state index is -5.98. The van der Waals surface area contributed by atoms with E-state index in [-0.39, 0.29) is 47.7 Å². The largest absolute Gasteiger partial charge is 0.534 e. The van der Waals surface area contributed by atoms with E-state index in [1.807, 2.05) is 0 Å². The van der Waals surface area contributed by atoms with Gasteiger partial charge in [-0.25, -0.2) is 0 Å². The first-order valence-electron chi connectivity index (χ1n) is 12.2. The Morgan fingerprint density at radius 1 is 0.721 bits per heavy atom. The Morgan fingerprint density at radius 3 is 1.53 bits per heavy atom. The quantitative estimate of drug-likeness (QED) is 0.153. The van der Waals surface area contributed by atoms with Gasteiger partial charge >= 0.3 is 27.6 Å². The van der Waals surface area contributed by atoms with Crippen LogP contribution < -0.4 is 13.7 Å². The predicted molar refractivity (Wildman–Crippen MR) is 144 cm³/mol. The van der Waals surface area contributed by atoms with Crippen LogP contribution in [0.3, 0.4) is 0 Å². The van der Waals surface area contributed by atoms with E-state index in [2.05, 4.69) is 13.7 Å². The van der Waals surface area contributed by atoms with E-state index < -0.39 is 51.1 Å². The number of benzene rings is 2. The van der Waals surface area contributed by atoms with Crippen molar-refractivity contribution in [1.29, 1.82) is 0 Å². The first-order chi connectivity index (χ1) is 19.9. The number of carbonyl (C=O) groups is 4. The Balaban J connectivity index is 0.000000453. The van der Waals surface area contributed by atoms with Gasteiger partial charge in [0.2, 0.25) is 0 Å². The molecule has 0 atom stereocenters. The third-order valence-electron chi connectivity index (χ3n) is 5.64. The molecule has 12 nitrogen and oxygen atoms in total. The van der Waals surface area contributed by atoms with Crippen molar-refractivity contribution >= 4 is 33.6 Å². The molecule has 0 radical (unpaired) electrons. The SMILES string of the molecule is COC(=O)CCC(=O)c1c(C)cc(OC)cc1O.COC(=O)CCC(=O)c1c(C)cc(OC)cc1OS(=O)(=O)C(F)(F)F. The number of methoxy groups -OCH3 is 4. The maximum atomic E-state index is 12.5. The predicted octanol–water partition coefficient (Wildman–Crippen LogP) is 4.21. The van der Waals surface area contributed by atoms with Crippen LogP contribution in [0.2, 0.25) is 0 Å². The molecule has 0 aliphatic carbocycles. The van der Waals surface area contributed by atoms with E-state index in [9.17, 15) is 45.9 Å². The molecule has 0 heterocycles. The summed E-state index contributed by atoms with van der Waals surface area (Å²) in [5.74, 6) is -2.72. The lowest BCUT2D eigenvalue weighted by molar-refractivity contribution is -0.141. The molecule has 1 N–H and O–H groups in total. The van der Waals surface area contributed by atoms with Gasteiger partial charge in [-0.2, -0.15) is 21.6 Å². The Bertz CT molecular complexity index is 1430. The van der Waals surface area contributed by atoms with Crippen LogP contribution >= 0.6 is 0 Å². The molecular formula is C27H31F3O12S. The summed E-state index contributed by atoms with van der Waals surface area (Å²) in [6.45, 7) is 3.06. The molecule has 16 heteroatoms. The average Bonchev–Trinajstić information content (AvgIpc) is 2.93. The van der Waals surface area contributed by atoms with Crippen molar-refractivity contribution in [3.8, 4) is 23.0 Å². The van der Waals surface area contributed by atoms with Crippen molar-refractivity contribution in [2.75, 3.05) is 28.4 Å². The monoisotopic (exact) mass is 636 g/mol. The zero-order valence-corrected chi connectivity index (χ0v) is 24.9. The van der Waals surface area contributed by atoms with Crippen LogP contribution in [0.5, 0.6) is 23.0 Å². The normalized spacial score (nSPS) is 11.0. The van der Waals surface area contributed by atoms with E-state index >= 15 is 0 Å². The summed E-state index contributed by atoms with van der Waals surface area (Å²) in [5, 5.41) is 9.78. The summed E-state index contributed by atoms with van der Waals surface area (Å²) in [6.07, 6.45) is -0.720. The maximum absolute atomic E-state index is 12.5. The molecule has 0 aliphatic rings. The molecule has 0 aliphatic heterocycles. The fraction of sp³-hybridized carbons (Fsp3) is 0.407. The first-order valence-corrected chi connectivity index (χ1v) is 13.6. The van der Waals surface area contributed by atoms with Crippen molar-refractivity contribution in [3.63, 3.8) is 0 Å². The Kier molecular flexibility index (Phi) is 13.5. The lowest BCUT2D eigenvalue weighted by atomic mass is 10.00. The van der Waals surface area contributed by atoms with Crippen LogP contribution in [-0.2, 0) is 29.2 Å². The number of esters is 2. The molecule has 0 fully saturated rings. The number of phenolic OH excluding ortho intramolecular Hbond substituents is 1. The minimum absolute atomic E-state index is 0.000241. The van der Waals surface area contributed by atoms with E-state index in [4.69, 9.17) is 9.47 Å². The van der Waals surface area contributed by atoms with Gasteiger partial charge < -0.3 is 28.2 Å². The smallest absolute Gasteiger partial charge is 0.507 e. The molecule has 43 heavy (non-hydrogen) atoms. The van der Waals surface area contributed by atoms with Crippen LogP contribution in [0.1, 0.15) is 57.5 Å². The van der Waals surface area contributed by atoms with Crippen LogP contribution in [0, 0.1) is 13.8 Å². The zero-order valence-electron chi connectivity index (χ0n) is 24.1. The van der Waals surface area contributed by atoms with Gasteiger partial charge in [0.1, 0.15) is 17.2 Å². The number of rotatable bonds is 12. The van der Waals surface area contributed by atoms with Gasteiger partial charge in [0.05, 0.1) is 52.4 Å². The third-order valence-corrected chi connectivity index (χ3v) is 6.61. The highest BCUT2D eigenvalue weighted by Gasteiger charge is 2.49. The van der Waals surface area contributed by atoms with Gasteiger partial charge in [-0.15, -0.1) is 0 Å². The molecule has 2 aromatic carbocycles. The molecule has 2 rings (SSSR count). The Hall–Kier alpha value is -4.34. The second kappa shape index (κ2) is 15.8. The molecule has 2 aromatic rings. The summed E-state index contributed by atoms with van der Waals surface area (Å²) < 4.78 is 82.9. The van der Waals surface area contributed by atoms with Gasteiger partial charge in [0.15, 0.2) is 17.3 Å². The molecule has 0 unspecified atom stereocenters. The van der Waals surface area contributed by atoms with Crippen LogP contribution in [0.25, 0.3) is 0 Å². The van der Waals surface area contributed by atoms with E-state index in [1.165, 1.54) is 40.4 Å². The van der Waals surface area contributed by atoms with E-state index in [0.717, 1.165) is 13.2 Å². The number of phenols is 1. The Morgan fingerprint density at radius 2 is 1.14 bits per heavy atom. The second-order valence-corrected chi connectivity index (χ2v) is 10.2. The zero-order chi connectivity index (χ0) is 33.1. The van der Waals surface area contributed by atoms with Crippen molar-refractivity contribution in [2.24, 2.45) is 0 Å². The number of aromatic hydroxyl groups is 1. The molecule has 0 bridgehead atoms. The van der Waals surface area contributed by atoms with Crippen molar-refractivity contribution in [1.82, 2.24) is 0 Å². The molecule has 0 saturated carbocycles. The number of ketones is 2. The average molecular weight is 637 g/mol. The van der Waals surface area contributed by atoms with Crippen molar-refractivity contribution < 1.29 is 69.0 Å². The summed E-state index contributed by atoms with van der Waals surface area (Å²) >= 11 is 0. The van der Waals surface area contributed by atoms with Crippen LogP contribution in [0.15, 0.2) is 24.3 Å². The van der Waals surface area contributed by atoms with Gasteiger partial charge in [0, 0.05) is 25.0 Å². The highest BCUT2D eigenvalue weighted by atomic mass is 32.2. The van der Waals surface area contributed by atoms with Gasteiger partial charge in [-0.05, 0) is 37.1 Å². The number of halogens is 3. The fourth-order valence-electron chi connectivity index (χ4n) is 3.53. The number of alkyl halides is 3. The Labute approximate surface area is 245 Å². The summed E-state index contributed by atoms with van der Waals surface area (Å²) in [7, 11) is -0.927. The van der Waals surface area contributed by atoms with Crippen LogP contribution in [-0.4, -0.2) is 71.0 Å². The number of aryl methyl sites for hydroxylation is 2. The van der Waals surface area contributed by atoms with Gasteiger partial charge in [-0.3, -0.25) is 19.2 Å². The first kappa shape index (κ1) is 36.7. The third kappa shape index (κ3) is 10.5. The molecular weight excluding hydrogens is 605 g/mol. The van der Waals surface area contributed by atoms with Gasteiger partial charge in [-0.1, -0.05) is 0 Å². The number of hydrogen-bond acceptors (Lipinski definition) is 12. The summed E-state index contributed by atoms with van der Waals surface area (Å²) in [4.78, 5) is 46.2. The number of Topliss-reactive ketones (excluding diaryl/α,β-unsaturated/α-hetero) is 2. The van der Waals surface area contributed by atoms with E-state index in [0.29, 0.717) is 11.3 Å². The number of hydrogen-bond donors (Lipinski definition) is 1. The topological polar surface area (TPSA) is 169 Å². The highest BCUT2D eigenvalue weighted by Crippen LogP contribution is 2.34. The summed E-state index contributed by atoms with van der Waals surface area (Å²) in [6, 6.07) is 5.20. The number of carbonyl (C=O) groups excluding carboxylic acids is 4. The molecule has 0 saturated heterocycles. The maximum Gasteiger partial charge on any atom is 0.534 e. The molecule has 0 aromatic heterocycles. The molecule has 0 amide bonds. The van der Waals surface area contributed by atoms with Gasteiger partial charge in [0.25, 0.3) is 0 Å². The van der Waals surface area contributed by atoms with Crippen molar-refractivity contribution in [2.45, 2.75) is 45.0 Å². The molecule has 0 spiro atoms. The highest BCUT2D eigenvalue weighted by molar-refractivity contribution is 7.88. The fourth-order valence-corrected chi connectivity index (χ4v) is 3.99. The molecule has 238 valence electrons.